The number of carbonyl (C=O) groups is 1. The van der Waals surface area contributed by atoms with Gasteiger partial charge in [-0.1, -0.05) is 6.07 Å². The molecule has 0 unspecified atom stereocenters. The fourth-order valence-corrected chi connectivity index (χ4v) is 3.28. The average Bonchev–Trinajstić information content (AvgIpc) is 2.59. The van der Waals surface area contributed by atoms with Crippen LogP contribution in [0.15, 0.2) is 47.4 Å². The van der Waals surface area contributed by atoms with Crippen LogP contribution in [0.25, 0.3) is 0 Å². The van der Waals surface area contributed by atoms with Gasteiger partial charge < -0.3 is 5.32 Å². The van der Waals surface area contributed by atoms with Crippen molar-refractivity contribution in [1.29, 1.82) is 0 Å². The number of amides is 1. The van der Waals surface area contributed by atoms with Crippen LogP contribution in [0.1, 0.15) is 21.5 Å². The normalized spacial score (nSPS) is 12.5. The third-order valence-electron chi connectivity index (χ3n) is 3.48. The van der Waals surface area contributed by atoms with Crippen LogP contribution >= 0.6 is 0 Å². The lowest BCUT2D eigenvalue weighted by Gasteiger charge is -2.15. The Balaban J connectivity index is 2.52. The Hall–Kier alpha value is -2.76. The van der Waals surface area contributed by atoms with Crippen LogP contribution in [0.5, 0.6) is 0 Å². The monoisotopic (exact) mass is 426 g/mol. The number of anilines is 1. The fraction of sp³-hybridized carbons (Fsp3) is 0.188. The first kappa shape index (κ1) is 21.5. The lowest BCUT2D eigenvalue weighted by molar-refractivity contribution is -0.143. The Morgan fingerprint density at radius 2 is 1.43 bits per heavy atom. The van der Waals surface area contributed by atoms with E-state index < -0.39 is 44.3 Å². The van der Waals surface area contributed by atoms with Crippen LogP contribution in [-0.2, 0) is 22.4 Å². The van der Waals surface area contributed by atoms with Gasteiger partial charge in [-0.05, 0) is 36.4 Å². The van der Waals surface area contributed by atoms with Gasteiger partial charge in [0.15, 0.2) is 0 Å². The molecule has 0 radical (unpaired) electrons. The van der Waals surface area contributed by atoms with Crippen LogP contribution in [0.3, 0.4) is 0 Å². The highest BCUT2D eigenvalue weighted by Gasteiger charge is 2.38. The van der Waals surface area contributed by atoms with Gasteiger partial charge in [0.05, 0.1) is 16.0 Å². The first-order valence-electron chi connectivity index (χ1n) is 7.38. The molecular formula is C16H12F6N2O3S. The molecule has 5 nitrogen and oxygen atoms in total. The Morgan fingerprint density at radius 3 is 1.89 bits per heavy atom. The summed E-state index contributed by atoms with van der Waals surface area (Å²) in [5.74, 6) is -0.570. The SMILES string of the molecule is CNC(=O)c1cccc(NS(=O)(=O)c2cc(C(F)(F)F)cc(C(F)(F)F)c2)c1. The van der Waals surface area contributed by atoms with E-state index in [1.807, 2.05) is 4.72 Å². The predicted octanol–water partition coefficient (Wildman–Crippen LogP) is 3.88. The molecule has 0 aromatic heterocycles. The molecule has 2 aromatic carbocycles. The summed E-state index contributed by atoms with van der Waals surface area (Å²) in [5.41, 5.74) is -3.71. The maximum absolute atomic E-state index is 12.9. The highest BCUT2D eigenvalue weighted by Crippen LogP contribution is 2.37. The molecule has 152 valence electrons. The standard InChI is InChI=1S/C16H12F6N2O3S/c1-23-14(25)9-3-2-4-12(5-9)24-28(26,27)13-7-10(15(17,18)19)6-11(8-13)16(20,21)22/h2-8,24H,1H3,(H,23,25). The smallest absolute Gasteiger partial charge is 0.355 e. The molecule has 2 N–H and O–H groups in total. The van der Waals surface area contributed by atoms with Crippen molar-refractivity contribution >= 4 is 21.6 Å². The molecule has 0 bridgehead atoms. The lowest BCUT2D eigenvalue weighted by atomic mass is 10.1. The topological polar surface area (TPSA) is 75.3 Å². The molecule has 0 aliphatic heterocycles. The largest absolute Gasteiger partial charge is 0.416 e. The number of nitrogens with one attached hydrogen (secondary N) is 2. The third kappa shape index (κ3) is 4.94. The molecule has 0 saturated carbocycles. The van der Waals surface area contributed by atoms with Crippen LogP contribution in [-0.4, -0.2) is 21.4 Å². The van der Waals surface area contributed by atoms with Crippen molar-refractivity contribution in [3.05, 3.63) is 59.2 Å². The van der Waals surface area contributed by atoms with Gasteiger partial charge in [0.1, 0.15) is 0 Å². The molecule has 12 heteroatoms. The minimum absolute atomic E-state index is 0.0303. The Bertz CT molecular complexity index is 968. The van der Waals surface area contributed by atoms with Gasteiger partial charge in [-0.25, -0.2) is 8.42 Å². The van der Waals surface area contributed by atoms with Crippen molar-refractivity contribution in [2.24, 2.45) is 0 Å². The summed E-state index contributed by atoms with van der Waals surface area (Å²) in [6.45, 7) is 0. The van der Waals surface area contributed by atoms with E-state index in [0.717, 1.165) is 6.07 Å². The number of carbonyl (C=O) groups excluding carboxylic acids is 1. The van der Waals surface area contributed by atoms with Gasteiger partial charge in [0.25, 0.3) is 15.9 Å². The number of hydrogen-bond donors (Lipinski definition) is 2. The van der Waals surface area contributed by atoms with Gasteiger partial charge in [0.2, 0.25) is 0 Å². The molecule has 0 fully saturated rings. The van der Waals surface area contributed by atoms with Gasteiger partial charge in [-0.3, -0.25) is 9.52 Å². The molecule has 0 aliphatic rings. The minimum atomic E-state index is -5.19. The average molecular weight is 426 g/mol. The van der Waals surface area contributed by atoms with E-state index in [1.54, 1.807) is 0 Å². The van der Waals surface area contributed by atoms with E-state index in [9.17, 15) is 39.6 Å². The van der Waals surface area contributed by atoms with Gasteiger partial charge in [0, 0.05) is 18.3 Å². The van der Waals surface area contributed by atoms with E-state index >= 15 is 0 Å². The van der Waals surface area contributed by atoms with Crippen molar-refractivity contribution in [2.75, 3.05) is 11.8 Å². The Morgan fingerprint density at radius 1 is 0.893 bits per heavy atom. The molecule has 0 aliphatic carbocycles. The Labute approximate surface area is 155 Å². The summed E-state index contributed by atoms with van der Waals surface area (Å²) in [5, 5.41) is 2.28. The van der Waals surface area contributed by atoms with Gasteiger partial charge >= 0.3 is 12.4 Å². The van der Waals surface area contributed by atoms with Crippen molar-refractivity contribution in [2.45, 2.75) is 17.2 Å². The van der Waals surface area contributed by atoms with E-state index in [1.165, 1.54) is 25.2 Å². The number of alkyl halides is 6. The van der Waals surface area contributed by atoms with Crippen LogP contribution in [0, 0.1) is 0 Å². The van der Waals surface area contributed by atoms with Crippen LogP contribution in [0.4, 0.5) is 32.0 Å². The summed E-state index contributed by atoms with van der Waals surface area (Å²) >= 11 is 0. The molecule has 0 saturated heterocycles. The van der Waals surface area contributed by atoms with Crippen molar-refractivity contribution in [1.82, 2.24) is 5.32 Å². The highest BCUT2D eigenvalue weighted by atomic mass is 32.2. The van der Waals surface area contributed by atoms with Crippen molar-refractivity contribution in [3.63, 3.8) is 0 Å². The summed E-state index contributed by atoms with van der Waals surface area (Å²) in [6.07, 6.45) is -10.4. The third-order valence-corrected chi connectivity index (χ3v) is 4.84. The molecule has 28 heavy (non-hydrogen) atoms. The molecule has 0 heterocycles. The molecule has 2 aromatic rings. The minimum Gasteiger partial charge on any atom is -0.355 e. The van der Waals surface area contributed by atoms with Crippen molar-refractivity contribution in [3.8, 4) is 0 Å². The summed E-state index contributed by atoms with van der Waals surface area (Å²) in [6, 6.07) is 4.90. The maximum atomic E-state index is 12.9. The highest BCUT2D eigenvalue weighted by molar-refractivity contribution is 7.92. The quantitative estimate of drug-likeness (QED) is 0.729. The number of hydrogen-bond acceptors (Lipinski definition) is 3. The zero-order chi connectivity index (χ0) is 21.3. The molecule has 2 rings (SSSR count). The Kier molecular flexibility index (Phi) is 5.64. The number of sulfonamides is 1. The predicted molar refractivity (Wildman–Crippen MR) is 87.1 cm³/mol. The fourth-order valence-electron chi connectivity index (χ4n) is 2.16. The summed E-state index contributed by atoms with van der Waals surface area (Å²) < 4.78 is 104. The first-order chi connectivity index (χ1) is 12.7. The molecular weight excluding hydrogens is 414 g/mol. The van der Waals surface area contributed by atoms with E-state index in [4.69, 9.17) is 0 Å². The van der Waals surface area contributed by atoms with E-state index in [2.05, 4.69) is 5.32 Å². The number of rotatable bonds is 4. The number of halogens is 6. The molecule has 0 atom stereocenters. The second-order valence-corrected chi connectivity index (χ2v) is 7.19. The first-order valence-corrected chi connectivity index (χ1v) is 8.87. The van der Waals surface area contributed by atoms with Crippen LogP contribution < -0.4 is 10.0 Å². The van der Waals surface area contributed by atoms with Crippen LogP contribution in [0.2, 0.25) is 0 Å². The zero-order valence-electron chi connectivity index (χ0n) is 13.9. The maximum Gasteiger partial charge on any atom is 0.416 e. The summed E-state index contributed by atoms with van der Waals surface area (Å²) in [4.78, 5) is 10.4. The van der Waals surface area contributed by atoms with Gasteiger partial charge in [-0.15, -0.1) is 0 Å². The zero-order valence-corrected chi connectivity index (χ0v) is 14.8. The number of benzene rings is 2. The summed E-state index contributed by atoms with van der Waals surface area (Å²) in [7, 11) is -3.49. The second-order valence-electron chi connectivity index (χ2n) is 5.51. The van der Waals surface area contributed by atoms with E-state index in [-0.39, 0.29) is 29.4 Å². The van der Waals surface area contributed by atoms with E-state index in [0.29, 0.717) is 0 Å². The lowest BCUT2D eigenvalue weighted by Crippen LogP contribution is -2.19. The molecule has 1 amide bonds. The molecule has 0 spiro atoms. The second kappa shape index (κ2) is 7.34. The van der Waals surface area contributed by atoms with Gasteiger partial charge in [-0.2, -0.15) is 26.3 Å². The van der Waals surface area contributed by atoms with Crippen molar-refractivity contribution < 1.29 is 39.6 Å².